The number of anilines is 1. The van der Waals surface area contributed by atoms with Crippen molar-refractivity contribution in [1.82, 2.24) is 0 Å². The first kappa shape index (κ1) is 15.6. The molecule has 0 aliphatic rings. The second-order valence-corrected chi connectivity index (χ2v) is 6.40. The molecule has 0 saturated carbocycles. The molecule has 0 fully saturated rings. The summed E-state index contributed by atoms with van der Waals surface area (Å²) < 4.78 is 32.2. The third-order valence-corrected chi connectivity index (χ3v) is 4.54. The van der Waals surface area contributed by atoms with Crippen molar-refractivity contribution in [3.8, 4) is 5.75 Å². The van der Waals surface area contributed by atoms with E-state index in [1.54, 1.807) is 24.3 Å². The number of halogens is 1. The van der Waals surface area contributed by atoms with Crippen molar-refractivity contribution in [3.05, 3.63) is 53.1 Å². The Bertz CT molecular complexity index is 748. The van der Waals surface area contributed by atoms with Gasteiger partial charge in [0.15, 0.2) is 0 Å². The fourth-order valence-electron chi connectivity index (χ4n) is 1.78. The number of nitrogens with one attached hydrogen (secondary N) is 1. The van der Waals surface area contributed by atoms with Gasteiger partial charge in [0.05, 0.1) is 22.7 Å². The third kappa shape index (κ3) is 3.66. The van der Waals surface area contributed by atoms with E-state index < -0.39 is 10.0 Å². The molecule has 0 aromatic heterocycles. The van der Waals surface area contributed by atoms with Crippen LogP contribution in [0.1, 0.15) is 5.56 Å². The summed E-state index contributed by atoms with van der Waals surface area (Å²) in [4.78, 5) is 0.152. The minimum Gasteiger partial charge on any atom is -0.495 e. The Morgan fingerprint density at radius 1 is 1.24 bits per heavy atom. The summed E-state index contributed by atoms with van der Waals surface area (Å²) in [6, 6.07) is 11.1. The van der Waals surface area contributed by atoms with Crippen molar-refractivity contribution < 1.29 is 13.2 Å². The van der Waals surface area contributed by atoms with Gasteiger partial charge in [-0.05, 0) is 29.8 Å². The van der Waals surface area contributed by atoms with Crippen molar-refractivity contribution in [2.75, 3.05) is 11.8 Å². The van der Waals surface area contributed by atoms with Crippen LogP contribution in [0.2, 0.25) is 5.02 Å². The molecule has 21 heavy (non-hydrogen) atoms. The van der Waals surface area contributed by atoms with Gasteiger partial charge in [-0.25, -0.2) is 8.42 Å². The van der Waals surface area contributed by atoms with Crippen LogP contribution in [-0.4, -0.2) is 15.5 Å². The van der Waals surface area contributed by atoms with E-state index in [1.807, 2.05) is 0 Å². The summed E-state index contributed by atoms with van der Waals surface area (Å²) in [6.45, 7) is 0.276. The van der Waals surface area contributed by atoms with Crippen LogP contribution >= 0.6 is 11.6 Å². The first-order valence-electron chi connectivity index (χ1n) is 6.11. The van der Waals surface area contributed by atoms with Crippen LogP contribution in [0.25, 0.3) is 0 Å². The molecule has 112 valence electrons. The summed E-state index contributed by atoms with van der Waals surface area (Å²) in [7, 11) is -2.23. The molecule has 0 amide bonds. The van der Waals surface area contributed by atoms with Crippen LogP contribution in [0, 0.1) is 0 Å². The van der Waals surface area contributed by atoms with E-state index in [0.29, 0.717) is 16.5 Å². The third-order valence-electron chi connectivity index (χ3n) is 2.85. The van der Waals surface area contributed by atoms with Gasteiger partial charge in [-0.3, -0.25) is 4.72 Å². The lowest BCUT2D eigenvalue weighted by Crippen LogP contribution is -2.13. The standard InChI is InChI=1S/C14H15ClN2O3S/c1-20-14-8-11(5-6-13(14)15)17-21(18,19)12-4-2-3-10(7-12)9-16/h2-8,17H,9,16H2,1H3. The SMILES string of the molecule is COc1cc(NS(=O)(=O)c2cccc(CN)c2)ccc1Cl. The summed E-state index contributed by atoms with van der Waals surface area (Å²) in [6.07, 6.45) is 0. The van der Waals surface area contributed by atoms with Gasteiger partial charge in [0.25, 0.3) is 10.0 Å². The van der Waals surface area contributed by atoms with Crippen LogP contribution in [0.5, 0.6) is 5.75 Å². The van der Waals surface area contributed by atoms with Crippen molar-refractivity contribution in [1.29, 1.82) is 0 Å². The lowest BCUT2D eigenvalue weighted by atomic mass is 10.2. The number of hydrogen-bond donors (Lipinski definition) is 2. The summed E-state index contributed by atoms with van der Waals surface area (Å²) in [5, 5.41) is 0.408. The number of methoxy groups -OCH3 is 1. The molecule has 0 aliphatic heterocycles. The van der Waals surface area contributed by atoms with E-state index in [0.717, 1.165) is 5.56 Å². The normalized spacial score (nSPS) is 11.2. The smallest absolute Gasteiger partial charge is 0.261 e. The highest BCUT2D eigenvalue weighted by Crippen LogP contribution is 2.28. The maximum Gasteiger partial charge on any atom is 0.261 e. The first-order chi connectivity index (χ1) is 9.96. The monoisotopic (exact) mass is 326 g/mol. The second-order valence-electron chi connectivity index (χ2n) is 4.31. The molecule has 0 radical (unpaired) electrons. The van der Waals surface area contributed by atoms with Crippen molar-refractivity contribution in [2.24, 2.45) is 5.73 Å². The number of nitrogens with two attached hydrogens (primary N) is 1. The average Bonchev–Trinajstić information content (AvgIpc) is 2.49. The van der Waals surface area contributed by atoms with E-state index in [9.17, 15) is 8.42 Å². The van der Waals surface area contributed by atoms with E-state index >= 15 is 0 Å². The zero-order valence-electron chi connectivity index (χ0n) is 11.3. The molecule has 2 aromatic rings. The zero-order valence-corrected chi connectivity index (χ0v) is 12.9. The van der Waals surface area contributed by atoms with Crippen LogP contribution in [0.3, 0.4) is 0 Å². The highest BCUT2D eigenvalue weighted by Gasteiger charge is 2.15. The predicted molar refractivity (Wildman–Crippen MR) is 83.1 cm³/mol. The van der Waals surface area contributed by atoms with Crippen LogP contribution in [-0.2, 0) is 16.6 Å². The van der Waals surface area contributed by atoms with E-state index in [-0.39, 0.29) is 11.4 Å². The van der Waals surface area contributed by atoms with Gasteiger partial charge >= 0.3 is 0 Å². The number of hydrogen-bond acceptors (Lipinski definition) is 4. The maximum absolute atomic E-state index is 12.3. The number of rotatable bonds is 5. The molecule has 0 spiro atoms. The van der Waals surface area contributed by atoms with Gasteiger partial charge in [0.2, 0.25) is 0 Å². The number of benzene rings is 2. The Hall–Kier alpha value is -1.76. The Balaban J connectivity index is 2.32. The fraction of sp³-hybridized carbons (Fsp3) is 0.143. The molecular weight excluding hydrogens is 312 g/mol. The number of ether oxygens (including phenoxy) is 1. The molecule has 0 aliphatic carbocycles. The molecule has 3 N–H and O–H groups in total. The Morgan fingerprint density at radius 2 is 2.00 bits per heavy atom. The molecular formula is C14H15ClN2O3S. The molecule has 0 atom stereocenters. The second kappa shape index (κ2) is 6.34. The molecule has 5 nitrogen and oxygen atoms in total. The molecule has 0 heterocycles. The minimum atomic E-state index is -3.69. The Morgan fingerprint density at radius 3 is 2.67 bits per heavy atom. The largest absolute Gasteiger partial charge is 0.495 e. The molecule has 7 heteroatoms. The van der Waals surface area contributed by atoms with Crippen LogP contribution in [0.4, 0.5) is 5.69 Å². The number of sulfonamides is 1. The summed E-state index contributed by atoms with van der Waals surface area (Å²) >= 11 is 5.91. The average molecular weight is 327 g/mol. The van der Waals surface area contributed by atoms with Gasteiger partial charge in [-0.2, -0.15) is 0 Å². The van der Waals surface area contributed by atoms with Crippen molar-refractivity contribution in [3.63, 3.8) is 0 Å². The molecule has 2 rings (SSSR count). The summed E-state index contributed by atoms with van der Waals surface area (Å²) in [5.41, 5.74) is 6.63. The predicted octanol–water partition coefficient (Wildman–Crippen LogP) is 2.61. The van der Waals surface area contributed by atoms with Gasteiger partial charge in [0.1, 0.15) is 5.75 Å². The van der Waals surface area contributed by atoms with Gasteiger partial charge in [-0.15, -0.1) is 0 Å². The van der Waals surface area contributed by atoms with Gasteiger partial charge in [-0.1, -0.05) is 23.7 Å². The topological polar surface area (TPSA) is 81.4 Å². The lowest BCUT2D eigenvalue weighted by molar-refractivity contribution is 0.415. The van der Waals surface area contributed by atoms with Crippen LogP contribution < -0.4 is 15.2 Å². The Labute approximate surface area is 128 Å². The summed E-state index contributed by atoms with van der Waals surface area (Å²) in [5.74, 6) is 0.396. The molecule has 0 bridgehead atoms. The van der Waals surface area contributed by atoms with Crippen molar-refractivity contribution in [2.45, 2.75) is 11.4 Å². The van der Waals surface area contributed by atoms with Crippen molar-refractivity contribution >= 4 is 27.3 Å². The Kier molecular flexibility index (Phi) is 4.72. The van der Waals surface area contributed by atoms with Gasteiger partial charge < -0.3 is 10.5 Å². The lowest BCUT2D eigenvalue weighted by Gasteiger charge is -2.11. The minimum absolute atomic E-state index is 0.152. The molecule has 0 unspecified atom stereocenters. The van der Waals surface area contributed by atoms with Gasteiger partial charge in [0, 0.05) is 12.6 Å². The molecule has 2 aromatic carbocycles. The van der Waals surface area contributed by atoms with E-state index in [1.165, 1.54) is 25.3 Å². The highest BCUT2D eigenvalue weighted by molar-refractivity contribution is 7.92. The first-order valence-corrected chi connectivity index (χ1v) is 7.98. The quantitative estimate of drug-likeness (QED) is 0.885. The van der Waals surface area contributed by atoms with E-state index in [2.05, 4.69) is 4.72 Å². The fourth-order valence-corrected chi connectivity index (χ4v) is 3.09. The molecule has 0 saturated heterocycles. The van der Waals surface area contributed by atoms with E-state index in [4.69, 9.17) is 22.1 Å². The maximum atomic E-state index is 12.3. The highest BCUT2D eigenvalue weighted by atomic mass is 35.5. The zero-order chi connectivity index (χ0) is 15.5. The van der Waals surface area contributed by atoms with Crippen LogP contribution in [0.15, 0.2) is 47.4 Å².